The minimum atomic E-state index is -0.0449. The van der Waals surface area contributed by atoms with Crippen LogP contribution in [0.5, 0.6) is 5.75 Å². The van der Waals surface area contributed by atoms with E-state index < -0.39 is 0 Å². The van der Waals surface area contributed by atoms with Crippen LogP contribution in [0.15, 0.2) is 41.4 Å². The molecule has 0 amide bonds. The molecule has 6 heteroatoms. The number of phenols is 1. The van der Waals surface area contributed by atoms with Crippen LogP contribution in [0.3, 0.4) is 0 Å². The SMILES string of the molecule is CCN(CCO)c1ccc(N=Cc2cc(Cl)cc(Cl)c2O)cc1. The molecule has 0 aliphatic heterocycles. The summed E-state index contributed by atoms with van der Waals surface area (Å²) < 4.78 is 0. The van der Waals surface area contributed by atoms with Gasteiger partial charge in [-0.2, -0.15) is 0 Å². The Morgan fingerprint density at radius 2 is 1.87 bits per heavy atom. The maximum absolute atomic E-state index is 9.90. The Kier molecular flexibility index (Phi) is 6.28. The molecule has 2 N–H and O–H groups in total. The lowest BCUT2D eigenvalue weighted by atomic mass is 10.2. The first kappa shape index (κ1) is 17.6. The third-order valence-electron chi connectivity index (χ3n) is 3.38. The van der Waals surface area contributed by atoms with Gasteiger partial charge in [-0.1, -0.05) is 23.2 Å². The quantitative estimate of drug-likeness (QED) is 0.763. The van der Waals surface area contributed by atoms with Crippen LogP contribution < -0.4 is 4.90 Å². The molecule has 0 heterocycles. The first-order chi connectivity index (χ1) is 11.0. The third kappa shape index (κ3) is 4.61. The summed E-state index contributed by atoms with van der Waals surface area (Å²) in [7, 11) is 0. The lowest BCUT2D eigenvalue weighted by molar-refractivity contribution is 0.302. The number of likely N-dealkylation sites (N-methyl/N-ethyl adjacent to an activating group) is 1. The predicted molar refractivity (Wildman–Crippen MR) is 96.8 cm³/mol. The Hall–Kier alpha value is -1.75. The number of hydrogen-bond acceptors (Lipinski definition) is 4. The second kappa shape index (κ2) is 8.20. The minimum absolute atomic E-state index is 0.0449. The first-order valence-electron chi connectivity index (χ1n) is 7.23. The summed E-state index contributed by atoms with van der Waals surface area (Å²) >= 11 is 11.8. The van der Waals surface area contributed by atoms with Crippen molar-refractivity contribution in [3.05, 3.63) is 52.0 Å². The van der Waals surface area contributed by atoms with Crippen LogP contribution in [0.1, 0.15) is 12.5 Å². The van der Waals surface area contributed by atoms with Gasteiger partial charge in [0.2, 0.25) is 0 Å². The maximum Gasteiger partial charge on any atom is 0.143 e. The second-order valence-electron chi connectivity index (χ2n) is 4.90. The Bertz CT molecular complexity index is 688. The monoisotopic (exact) mass is 352 g/mol. The van der Waals surface area contributed by atoms with Gasteiger partial charge in [0.25, 0.3) is 0 Å². The summed E-state index contributed by atoms with van der Waals surface area (Å²) in [5.74, 6) is -0.0449. The molecule has 0 aromatic heterocycles. The summed E-state index contributed by atoms with van der Waals surface area (Å²) in [6.07, 6.45) is 1.52. The molecule has 0 atom stereocenters. The van der Waals surface area contributed by atoms with Gasteiger partial charge in [0.1, 0.15) is 5.75 Å². The molecule has 4 nitrogen and oxygen atoms in total. The van der Waals surface area contributed by atoms with Gasteiger partial charge in [0.15, 0.2) is 0 Å². The fourth-order valence-electron chi connectivity index (χ4n) is 2.17. The standard InChI is InChI=1S/C17H18Cl2N2O2/c1-2-21(7-8-22)15-5-3-14(4-6-15)20-11-12-9-13(18)10-16(19)17(12)23/h3-6,9-11,22-23H,2,7-8H2,1H3. The Labute approximate surface area is 145 Å². The molecule has 0 radical (unpaired) electrons. The lowest BCUT2D eigenvalue weighted by Gasteiger charge is -2.21. The van der Waals surface area contributed by atoms with Crippen molar-refractivity contribution < 1.29 is 10.2 Å². The van der Waals surface area contributed by atoms with Crippen molar-refractivity contribution in [2.45, 2.75) is 6.92 Å². The zero-order chi connectivity index (χ0) is 16.8. The molecule has 0 unspecified atom stereocenters. The van der Waals surface area contributed by atoms with Crippen molar-refractivity contribution in [3.63, 3.8) is 0 Å². The maximum atomic E-state index is 9.90. The van der Waals surface area contributed by atoms with Crippen LogP contribution >= 0.6 is 23.2 Å². The van der Waals surface area contributed by atoms with Crippen molar-refractivity contribution >= 4 is 40.8 Å². The van der Waals surface area contributed by atoms with E-state index in [4.69, 9.17) is 28.3 Å². The summed E-state index contributed by atoms with van der Waals surface area (Å²) in [6, 6.07) is 10.7. The van der Waals surface area contributed by atoms with Gasteiger partial charge in [-0.25, -0.2) is 0 Å². The van der Waals surface area contributed by atoms with E-state index in [-0.39, 0.29) is 17.4 Å². The Morgan fingerprint density at radius 1 is 1.17 bits per heavy atom. The topological polar surface area (TPSA) is 56.1 Å². The van der Waals surface area contributed by atoms with Crippen molar-refractivity contribution in [2.24, 2.45) is 4.99 Å². The van der Waals surface area contributed by atoms with Gasteiger partial charge in [-0.3, -0.25) is 4.99 Å². The largest absolute Gasteiger partial charge is 0.506 e. The summed E-state index contributed by atoms with van der Waals surface area (Å²) in [5, 5.41) is 19.6. The molecule has 2 aromatic carbocycles. The predicted octanol–water partition coefficient (Wildman–Crippen LogP) is 4.27. The first-order valence-corrected chi connectivity index (χ1v) is 7.98. The number of anilines is 1. The molecular formula is C17H18Cl2N2O2. The summed E-state index contributed by atoms with van der Waals surface area (Å²) in [5.41, 5.74) is 2.22. The average molecular weight is 353 g/mol. The Morgan fingerprint density at radius 3 is 2.48 bits per heavy atom. The minimum Gasteiger partial charge on any atom is -0.506 e. The van der Waals surface area contributed by atoms with Crippen molar-refractivity contribution in [1.82, 2.24) is 0 Å². The van der Waals surface area contributed by atoms with E-state index in [0.29, 0.717) is 17.1 Å². The fourth-order valence-corrected chi connectivity index (χ4v) is 2.68. The highest BCUT2D eigenvalue weighted by Gasteiger charge is 2.06. The fraction of sp³-hybridized carbons (Fsp3) is 0.235. The molecular weight excluding hydrogens is 335 g/mol. The van der Waals surface area contributed by atoms with E-state index in [1.54, 1.807) is 6.07 Å². The van der Waals surface area contributed by atoms with Crippen LogP contribution in [-0.2, 0) is 0 Å². The van der Waals surface area contributed by atoms with Crippen molar-refractivity contribution in [3.8, 4) is 5.75 Å². The van der Waals surface area contributed by atoms with Gasteiger partial charge in [-0.15, -0.1) is 0 Å². The lowest BCUT2D eigenvalue weighted by Crippen LogP contribution is -2.25. The smallest absolute Gasteiger partial charge is 0.143 e. The normalized spacial score (nSPS) is 11.1. The van der Waals surface area contributed by atoms with Crippen molar-refractivity contribution in [1.29, 1.82) is 0 Å². The van der Waals surface area contributed by atoms with Gasteiger partial charge in [0, 0.05) is 35.6 Å². The van der Waals surface area contributed by atoms with E-state index in [1.165, 1.54) is 12.3 Å². The highest BCUT2D eigenvalue weighted by atomic mass is 35.5. The average Bonchev–Trinajstić information content (AvgIpc) is 2.55. The summed E-state index contributed by atoms with van der Waals surface area (Å²) in [6.45, 7) is 3.56. The van der Waals surface area contributed by atoms with Gasteiger partial charge in [-0.05, 0) is 43.3 Å². The number of aliphatic hydroxyl groups excluding tert-OH is 1. The van der Waals surface area contributed by atoms with Gasteiger partial charge < -0.3 is 15.1 Å². The molecule has 0 spiro atoms. The molecule has 2 aromatic rings. The van der Waals surface area contributed by atoms with Crippen LogP contribution in [0.25, 0.3) is 0 Å². The number of benzene rings is 2. The molecule has 0 aliphatic carbocycles. The van der Waals surface area contributed by atoms with E-state index in [1.807, 2.05) is 31.2 Å². The molecule has 0 saturated carbocycles. The summed E-state index contributed by atoms with van der Waals surface area (Å²) in [4.78, 5) is 6.39. The molecule has 23 heavy (non-hydrogen) atoms. The second-order valence-corrected chi connectivity index (χ2v) is 5.75. The zero-order valence-corrected chi connectivity index (χ0v) is 14.2. The molecule has 2 rings (SSSR count). The number of halogens is 2. The highest BCUT2D eigenvalue weighted by Crippen LogP contribution is 2.30. The molecule has 0 bridgehead atoms. The molecule has 0 fully saturated rings. The molecule has 0 saturated heterocycles. The number of aliphatic hydroxyl groups is 1. The molecule has 122 valence electrons. The van der Waals surface area contributed by atoms with E-state index in [2.05, 4.69) is 9.89 Å². The highest BCUT2D eigenvalue weighted by molar-refractivity contribution is 6.36. The third-order valence-corrected chi connectivity index (χ3v) is 3.88. The van der Waals surface area contributed by atoms with Crippen molar-refractivity contribution in [2.75, 3.05) is 24.6 Å². The van der Waals surface area contributed by atoms with Crippen LogP contribution in [0, 0.1) is 0 Å². The van der Waals surface area contributed by atoms with Crippen LogP contribution in [0.4, 0.5) is 11.4 Å². The number of aromatic hydroxyl groups is 1. The van der Waals surface area contributed by atoms with E-state index in [9.17, 15) is 5.11 Å². The number of nitrogens with zero attached hydrogens (tertiary/aromatic N) is 2. The Balaban J connectivity index is 2.18. The van der Waals surface area contributed by atoms with E-state index in [0.717, 1.165) is 17.9 Å². The number of hydrogen-bond donors (Lipinski definition) is 2. The van der Waals surface area contributed by atoms with E-state index >= 15 is 0 Å². The number of aliphatic imine (C=N–C) groups is 1. The van der Waals surface area contributed by atoms with Crippen LogP contribution in [-0.4, -0.2) is 36.1 Å². The number of phenolic OH excluding ortho intramolecular Hbond substituents is 1. The number of rotatable bonds is 6. The zero-order valence-electron chi connectivity index (χ0n) is 12.7. The van der Waals surface area contributed by atoms with Gasteiger partial charge >= 0.3 is 0 Å². The van der Waals surface area contributed by atoms with Crippen LogP contribution in [0.2, 0.25) is 10.0 Å². The van der Waals surface area contributed by atoms with Gasteiger partial charge in [0.05, 0.1) is 17.3 Å². The molecule has 0 aliphatic rings.